The van der Waals surface area contributed by atoms with Gasteiger partial charge in [0.05, 0.1) is 17.4 Å². The summed E-state index contributed by atoms with van der Waals surface area (Å²) in [6, 6.07) is 14.2. The Bertz CT molecular complexity index is 911. The van der Waals surface area contributed by atoms with E-state index in [1.54, 1.807) is 18.6 Å². The van der Waals surface area contributed by atoms with Crippen LogP contribution in [0.4, 0.5) is 5.69 Å². The summed E-state index contributed by atoms with van der Waals surface area (Å²) < 4.78 is 0. The van der Waals surface area contributed by atoms with Crippen molar-refractivity contribution < 1.29 is 4.79 Å². The van der Waals surface area contributed by atoms with Crippen molar-refractivity contribution in [3.63, 3.8) is 0 Å². The number of aromatic nitrogens is 2. The summed E-state index contributed by atoms with van der Waals surface area (Å²) in [6.45, 7) is 2.25. The lowest BCUT2D eigenvalue weighted by molar-refractivity contribution is 0.0950. The lowest BCUT2D eigenvalue weighted by atomic mass is 9.99. The van der Waals surface area contributed by atoms with Crippen LogP contribution in [0, 0.1) is 0 Å². The molecular weight excluding hydrogens is 324 g/mol. The predicted molar refractivity (Wildman–Crippen MR) is 101 cm³/mol. The summed E-state index contributed by atoms with van der Waals surface area (Å²) in [4.78, 5) is 23.0. The Morgan fingerprint density at radius 1 is 1.04 bits per heavy atom. The first-order chi connectivity index (χ1) is 12.8. The van der Waals surface area contributed by atoms with Crippen LogP contribution in [-0.4, -0.2) is 22.4 Å². The number of anilines is 1. The number of pyridine rings is 2. The van der Waals surface area contributed by atoms with Gasteiger partial charge in [-0.05, 0) is 41.3 Å². The fourth-order valence-corrected chi connectivity index (χ4v) is 3.23. The fourth-order valence-electron chi connectivity index (χ4n) is 3.23. The van der Waals surface area contributed by atoms with E-state index in [-0.39, 0.29) is 5.91 Å². The smallest absolute Gasteiger partial charge is 0.253 e. The molecule has 0 fully saturated rings. The maximum atomic E-state index is 12.5. The van der Waals surface area contributed by atoms with E-state index in [0.29, 0.717) is 12.1 Å². The Balaban J connectivity index is 1.46. The Morgan fingerprint density at radius 3 is 2.69 bits per heavy atom. The standard InChI is InChI=1S/C21H20N4O/c26-21(24-12-16-5-8-22-9-6-16)19-11-20(14-23-13-19)25-10-7-17-3-1-2-4-18(17)15-25/h1-6,8-9,11,13-14H,7,10,12,15H2,(H,24,26). The van der Waals surface area contributed by atoms with Crippen LogP contribution in [0.25, 0.3) is 0 Å². The first kappa shape index (κ1) is 16.3. The number of nitrogens with zero attached hydrogens (tertiary/aromatic N) is 3. The van der Waals surface area contributed by atoms with E-state index in [9.17, 15) is 4.79 Å². The molecule has 0 unspecified atom stereocenters. The SMILES string of the molecule is O=C(NCc1ccncc1)c1cncc(N2CCc3ccccc3C2)c1. The number of fused-ring (bicyclic) bond motifs is 1. The third kappa shape index (κ3) is 3.57. The van der Waals surface area contributed by atoms with Crippen LogP contribution in [0.5, 0.6) is 0 Å². The number of benzene rings is 1. The average molecular weight is 344 g/mol. The normalized spacial score (nSPS) is 13.2. The van der Waals surface area contributed by atoms with E-state index in [0.717, 1.165) is 30.8 Å². The van der Waals surface area contributed by atoms with Gasteiger partial charge in [0.1, 0.15) is 0 Å². The zero-order valence-electron chi connectivity index (χ0n) is 14.4. The van der Waals surface area contributed by atoms with Crippen LogP contribution in [0.2, 0.25) is 0 Å². The highest BCUT2D eigenvalue weighted by Gasteiger charge is 2.17. The second kappa shape index (κ2) is 7.35. The zero-order valence-corrected chi connectivity index (χ0v) is 14.4. The summed E-state index contributed by atoms with van der Waals surface area (Å²) in [5, 5.41) is 2.94. The Morgan fingerprint density at radius 2 is 1.85 bits per heavy atom. The van der Waals surface area contributed by atoms with Crippen LogP contribution < -0.4 is 10.2 Å². The first-order valence-electron chi connectivity index (χ1n) is 8.73. The van der Waals surface area contributed by atoms with Gasteiger partial charge < -0.3 is 10.2 Å². The predicted octanol–water partition coefficient (Wildman–Crippen LogP) is 2.97. The van der Waals surface area contributed by atoms with Gasteiger partial charge in [-0.1, -0.05) is 24.3 Å². The molecule has 1 N–H and O–H groups in total. The van der Waals surface area contributed by atoms with E-state index in [2.05, 4.69) is 44.5 Å². The summed E-state index contributed by atoms with van der Waals surface area (Å²) in [5.41, 5.74) is 5.32. The summed E-state index contributed by atoms with van der Waals surface area (Å²) >= 11 is 0. The molecule has 3 aromatic rings. The molecule has 3 heterocycles. The van der Waals surface area contributed by atoms with Crippen molar-refractivity contribution in [2.24, 2.45) is 0 Å². The average Bonchev–Trinajstić information content (AvgIpc) is 2.72. The molecule has 1 aromatic carbocycles. The number of carbonyl (C=O) groups is 1. The van der Waals surface area contributed by atoms with Crippen molar-refractivity contribution in [3.05, 3.63) is 89.5 Å². The molecule has 0 atom stereocenters. The first-order valence-corrected chi connectivity index (χ1v) is 8.73. The molecule has 0 radical (unpaired) electrons. The van der Waals surface area contributed by atoms with Crippen LogP contribution >= 0.6 is 0 Å². The van der Waals surface area contributed by atoms with Crippen molar-refractivity contribution in [1.29, 1.82) is 0 Å². The van der Waals surface area contributed by atoms with E-state index in [1.807, 2.05) is 24.4 Å². The van der Waals surface area contributed by atoms with Crippen molar-refractivity contribution in [3.8, 4) is 0 Å². The number of hydrogen-bond acceptors (Lipinski definition) is 4. The lowest BCUT2D eigenvalue weighted by Gasteiger charge is -2.30. The quantitative estimate of drug-likeness (QED) is 0.790. The highest BCUT2D eigenvalue weighted by atomic mass is 16.1. The minimum atomic E-state index is -0.117. The monoisotopic (exact) mass is 344 g/mol. The molecule has 130 valence electrons. The van der Waals surface area contributed by atoms with E-state index < -0.39 is 0 Å². The van der Waals surface area contributed by atoms with Crippen molar-refractivity contribution in [2.75, 3.05) is 11.4 Å². The molecular formula is C21H20N4O. The molecule has 0 spiro atoms. The molecule has 0 aliphatic carbocycles. The van der Waals surface area contributed by atoms with Gasteiger partial charge in [-0.25, -0.2) is 0 Å². The van der Waals surface area contributed by atoms with Gasteiger partial charge in [0.25, 0.3) is 5.91 Å². The molecule has 0 saturated carbocycles. The molecule has 26 heavy (non-hydrogen) atoms. The van der Waals surface area contributed by atoms with Crippen LogP contribution in [-0.2, 0) is 19.5 Å². The number of carbonyl (C=O) groups excluding carboxylic acids is 1. The second-order valence-electron chi connectivity index (χ2n) is 6.41. The molecule has 2 aromatic heterocycles. The van der Waals surface area contributed by atoms with Crippen LogP contribution in [0.3, 0.4) is 0 Å². The minimum Gasteiger partial charge on any atom is -0.366 e. The lowest BCUT2D eigenvalue weighted by Crippen LogP contribution is -2.31. The van der Waals surface area contributed by atoms with Crippen molar-refractivity contribution in [2.45, 2.75) is 19.5 Å². The molecule has 0 bridgehead atoms. The Hall–Kier alpha value is -3.21. The number of rotatable bonds is 4. The topological polar surface area (TPSA) is 58.1 Å². The number of amides is 1. The van der Waals surface area contributed by atoms with E-state index in [1.165, 1.54) is 11.1 Å². The fraction of sp³-hybridized carbons (Fsp3) is 0.190. The second-order valence-corrected chi connectivity index (χ2v) is 6.41. The molecule has 5 heteroatoms. The third-order valence-corrected chi connectivity index (χ3v) is 4.68. The van der Waals surface area contributed by atoms with E-state index >= 15 is 0 Å². The van der Waals surface area contributed by atoms with Gasteiger partial charge in [-0.2, -0.15) is 0 Å². The summed E-state index contributed by atoms with van der Waals surface area (Å²) in [6.07, 6.45) is 7.89. The summed E-state index contributed by atoms with van der Waals surface area (Å²) in [5.74, 6) is -0.117. The molecule has 0 saturated heterocycles. The van der Waals surface area contributed by atoms with Crippen molar-refractivity contribution in [1.82, 2.24) is 15.3 Å². The van der Waals surface area contributed by atoms with Crippen LogP contribution in [0.1, 0.15) is 27.0 Å². The maximum absolute atomic E-state index is 12.5. The molecule has 1 aliphatic heterocycles. The largest absolute Gasteiger partial charge is 0.366 e. The van der Waals surface area contributed by atoms with Gasteiger partial charge in [0.2, 0.25) is 0 Å². The molecule has 4 rings (SSSR count). The molecule has 5 nitrogen and oxygen atoms in total. The zero-order chi connectivity index (χ0) is 17.8. The van der Waals surface area contributed by atoms with Crippen LogP contribution in [0.15, 0.2) is 67.3 Å². The highest BCUT2D eigenvalue weighted by Crippen LogP contribution is 2.24. The van der Waals surface area contributed by atoms with Gasteiger partial charge in [-0.3, -0.25) is 14.8 Å². The maximum Gasteiger partial charge on any atom is 0.253 e. The van der Waals surface area contributed by atoms with Gasteiger partial charge in [0.15, 0.2) is 0 Å². The Labute approximate surface area is 152 Å². The number of hydrogen-bond donors (Lipinski definition) is 1. The number of nitrogens with one attached hydrogen (secondary N) is 1. The van der Waals surface area contributed by atoms with E-state index in [4.69, 9.17) is 0 Å². The third-order valence-electron chi connectivity index (χ3n) is 4.68. The summed E-state index contributed by atoms with van der Waals surface area (Å²) in [7, 11) is 0. The molecule has 1 amide bonds. The van der Waals surface area contributed by atoms with Crippen molar-refractivity contribution >= 4 is 11.6 Å². The highest BCUT2D eigenvalue weighted by molar-refractivity contribution is 5.94. The minimum absolute atomic E-state index is 0.117. The molecule has 1 aliphatic rings. The Kier molecular flexibility index (Phi) is 4.60. The van der Waals surface area contributed by atoms with Gasteiger partial charge in [0, 0.05) is 38.2 Å². The van der Waals surface area contributed by atoms with Gasteiger partial charge in [-0.15, -0.1) is 0 Å². The van der Waals surface area contributed by atoms with Gasteiger partial charge >= 0.3 is 0 Å².